The Morgan fingerprint density at radius 1 is 0.956 bits per heavy atom. The van der Waals surface area contributed by atoms with E-state index in [1.807, 2.05) is 60.1 Å². The molecule has 1 amide bonds. The third-order valence-electron chi connectivity index (χ3n) is 7.99. The Morgan fingerprint density at radius 2 is 1.76 bits per heavy atom. The van der Waals surface area contributed by atoms with Gasteiger partial charge in [0, 0.05) is 43.2 Å². The van der Waals surface area contributed by atoms with Gasteiger partial charge in [-0.1, -0.05) is 85.4 Å². The van der Waals surface area contributed by atoms with Crippen molar-refractivity contribution in [1.29, 1.82) is 0 Å². The van der Waals surface area contributed by atoms with Crippen LogP contribution >= 0.6 is 11.8 Å². The second kappa shape index (κ2) is 14.2. The van der Waals surface area contributed by atoms with E-state index in [1.54, 1.807) is 42.6 Å². The Labute approximate surface area is 266 Å². The molecule has 0 bridgehead atoms. The lowest BCUT2D eigenvalue weighted by molar-refractivity contribution is -0.268. The van der Waals surface area contributed by atoms with E-state index in [0.717, 1.165) is 38.5 Å². The second-order valence-corrected chi connectivity index (χ2v) is 12.1. The van der Waals surface area contributed by atoms with Crippen LogP contribution in [0.5, 0.6) is 0 Å². The van der Waals surface area contributed by atoms with E-state index in [9.17, 15) is 9.90 Å². The summed E-state index contributed by atoms with van der Waals surface area (Å²) in [4.78, 5) is 16.5. The monoisotopic (exact) mass is 621 g/mol. The molecule has 5 aromatic rings. The fourth-order valence-electron chi connectivity index (χ4n) is 5.34. The number of hydrogen-bond acceptors (Lipinski definition) is 8. The summed E-state index contributed by atoms with van der Waals surface area (Å²) in [6.45, 7) is 2.56. The van der Waals surface area contributed by atoms with Crippen LogP contribution in [0.1, 0.15) is 51.9 Å². The number of benzene rings is 3. The van der Waals surface area contributed by atoms with Crippen molar-refractivity contribution < 1.29 is 19.4 Å². The maximum Gasteiger partial charge on any atom is 0.253 e. The Morgan fingerprint density at radius 3 is 2.47 bits per heavy atom. The van der Waals surface area contributed by atoms with Crippen molar-refractivity contribution in [1.82, 2.24) is 25.1 Å². The van der Waals surface area contributed by atoms with E-state index < -0.39 is 6.29 Å². The molecular formula is C35H35N5O4S. The number of carbonyl (C=O) groups excluding carboxylic acids is 1. The van der Waals surface area contributed by atoms with Crippen LogP contribution in [-0.2, 0) is 29.7 Å². The van der Waals surface area contributed by atoms with E-state index >= 15 is 0 Å². The lowest BCUT2D eigenvalue weighted by Gasteiger charge is -2.41. The normalized spacial score (nSPS) is 19.7. The molecule has 1 saturated heterocycles. The smallest absolute Gasteiger partial charge is 0.253 e. The highest BCUT2D eigenvalue weighted by Crippen LogP contribution is 2.43. The maximum absolute atomic E-state index is 12.5. The molecule has 45 heavy (non-hydrogen) atoms. The summed E-state index contributed by atoms with van der Waals surface area (Å²) < 4.78 is 15.1. The Kier molecular flexibility index (Phi) is 9.66. The molecule has 1 aliphatic heterocycles. The Balaban J connectivity index is 1.18. The SMILES string of the molecule is C[C@@H]1[C@H](CSc2nncn2C)O[C@H](c2ccc(-c3cccc(CNC(=O)c4cccnc4)c3)cc2)O[C@@H]1c1ccc(CO)cc1. The molecule has 3 aromatic carbocycles. The molecule has 0 aliphatic carbocycles. The second-order valence-electron chi connectivity index (χ2n) is 11.1. The highest BCUT2D eigenvalue weighted by atomic mass is 32.2. The van der Waals surface area contributed by atoms with Gasteiger partial charge < -0.3 is 24.5 Å². The maximum atomic E-state index is 12.5. The summed E-state index contributed by atoms with van der Waals surface area (Å²) in [5.74, 6) is 0.610. The van der Waals surface area contributed by atoms with Gasteiger partial charge in [-0.25, -0.2) is 0 Å². The highest BCUT2D eigenvalue weighted by Gasteiger charge is 2.38. The predicted octanol–water partition coefficient (Wildman–Crippen LogP) is 5.88. The first-order valence-corrected chi connectivity index (χ1v) is 15.8. The van der Waals surface area contributed by atoms with Crippen molar-refractivity contribution in [2.75, 3.05) is 5.75 Å². The molecule has 4 atom stereocenters. The first kappa shape index (κ1) is 30.7. The summed E-state index contributed by atoms with van der Waals surface area (Å²) in [5.41, 5.74) is 6.47. The molecule has 9 nitrogen and oxygen atoms in total. The van der Waals surface area contributed by atoms with Gasteiger partial charge in [-0.05, 0) is 46.0 Å². The van der Waals surface area contributed by atoms with Gasteiger partial charge in [0.25, 0.3) is 5.91 Å². The lowest BCUT2D eigenvalue weighted by Crippen LogP contribution is -2.38. The van der Waals surface area contributed by atoms with Gasteiger partial charge in [-0.2, -0.15) is 0 Å². The van der Waals surface area contributed by atoms with E-state index in [4.69, 9.17) is 9.47 Å². The molecule has 3 heterocycles. The fraction of sp³-hybridized carbons (Fsp3) is 0.257. The molecule has 1 fully saturated rings. The summed E-state index contributed by atoms with van der Waals surface area (Å²) in [6, 6.07) is 27.8. The molecular weight excluding hydrogens is 586 g/mol. The van der Waals surface area contributed by atoms with Gasteiger partial charge in [0.2, 0.25) is 0 Å². The van der Waals surface area contributed by atoms with Gasteiger partial charge in [-0.15, -0.1) is 10.2 Å². The minimum atomic E-state index is -0.558. The molecule has 0 saturated carbocycles. The number of aliphatic hydroxyl groups is 1. The van der Waals surface area contributed by atoms with Gasteiger partial charge in [0.1, 0.15) is 6.33 Å². The predicted molar refractivity (Wildman–Crippen MR) is 172 cm³/mol. The quantitative estimate of drug-likeness (QED) is 0.186. The zero-order valence-corrected chi connectivity index (χ0v) is 25.9. The zero-order valence-electron chi connectivity index (χ0n) is 25.1. The van der Waals surface area contributed by atoms with E-state index in [1.165, 1.54) is 0 Å². The van der Waals surface area contributed by atoms with Crippen LogP contribution in [0.3, 0.4) is 0 Å². The number of aromatic nitrogens is 4. The third kappa shape index (κ3) is 7.32. The van der Waals surface area contributed by atoms with Gasteiger partial charge >= 0.3 is 0 Å². The highest BCUT2D eigenvalue weighted by molar-refractivity contribution is 7.99. The molecule has 2 aromatic heterocycles. The first-order valence-electron chi connectivity index (χ1n) is 14.8. The molecule has 0 radical (unpaired) electrons. The van der Waals surface area contributed by atoms with E-state index in [-0.39, 0.29) is 30.6 Å². The minimum Gasteiger partial charge on any atom is -0.392 e. The minimum absolute atomic E-state index is 0.000642. The number of amides is 1. The number of aryl methyl sites for hydroxylation is 1. The summed E-state index contributed by atoms with van der Waals surface area (Å²) >= 11 is 1.62. The van der Waals surface area contributed by atoms with Crippen molar-refractivity contribution in [3.05, 3.63) is 131 Å². The van der Waals surface area contributed by atoms with Gasteiger partial charge in [-0.3, -0.25) is 9.78 Å². The Hall–Kier alpha value is -4.35. The third-order valence-corrected chi connectivity index (χ3v) is 9.11. The number of rotatable bonds is 10. The number of nitrogens with zero attached hydrogens (tertiary/aromatic N) is 4. The fourth-order valence-corrected chi connectivity index (χ4v) is 6.40. The van der Waals surface area contributed by atoms with Crippen LogP contribution < -0.4 is 5.32 Å². The Bertz CT molecular complexity index is 1710. The van der Waals surface area contributed by atoms with Crippen molar-refractivity contribution in [2.45, 2.75) is 43.7 Å². The van der Waals surface area contributed by atoms with Crippen LogP contribution in [0.4, 0.5) is 0 Å². The number of aliphatic hydroxyl groups excluding tert-OH is 1. The van der Waals surface area contributed by atoms with Gasteiger partial charge in [0.05, 0.1) is 24.4 Å². The first-order chi connectivity index (χ1) is 22.0. The standard InChI is InChI=1S/C35H35N5O4S/c1-23-31(21-45-35-39-38-22-40(35)2)43-34(44-32(23)27-10-8-24(20-41)9-11-27)28-14-12-26(13-15-28)29-6-3-5-25(17-29)18-37-33(42)30-7-4-16-36-19-30/h3-17,19,22-23,31-32,34,41H,18,20-21H2,1-2H3,(H,37,42)/t23-,31+,32+,34+/m1/s1. The van der Waals surface area contributed by atoms with Crippen molar-refractivity contribution >= 4 is 17.7 Å². The summed E-state index contributed by atoms with van der Waals surface area (Å²) in [5, 5.41) is 21.6. The molecule has 0 spiro atoms. The van der Waals surface area contributed by atoms with Crippen molar-refractivity contribution in [3.63, 3.8) is 0 Å². The number of pyridine rings is 1. The molecule has 10 heteroatoms. The van der Waals surface area contributed by atoms with Crippen LogP contribution in [0.25, 0.3) is 11.1 Å². The molecule has 2 N–H and O–H groups in total. The van der Waals surface area contributed by atoms with Crippen molar-refractivity contribution in [3.8, 4) is 11.1 Å². The molecule has 1 aliphatic rings. The largest absolute Gasteiger partial charge is 0.392 e. The molecule has 0 unspecified atom stereocenters. The van der Waals surface area contributed by atoms with Crippen LogP contribution in [0, 0.1) is 5.92 Å². The number of ether oxygens (including phenoxy) is 2. The average Bonchev–Trinajstić information content (AvgIpc) is 3.51. The van der Waals surface area contributed by atoms with Crippen LogP contribution in [0.15, 0.2) is 109 Å². The topological polar surface area (TPSA) is 111 Å². The zero-order chi connectivity index (χ0) is 31.2. The average molecular weight is 622 g/mol. The number of nitrogens with one attached hydrogen (secondary N) is 1. The molecule has 6 rings (SSSR count). The van der Waals surface area contributed by atoms with Crippen LogP contribution in [0.2, 0.25) is 0 Å². The van der Waals surface area contributed by atoms with E-state index in [0.29, 0.717) is 17.9 Å². The van der Waals surface area contributed by atoms with E-state index in [2.05, 4.69) is 51.7 Å². The van der Waals surface area contributed by atoms with Gasteiger partial charge in [0.15, 0.2) is 11.4 Å². The number of hydrogen-bond donors (Lipinski definition) is 2. The summed E-state index contributed by atoms with van der Waals surface area (Å²) in [6.07, 6.45) is 4.04. The number of carbonyl (C=O) groups is 1. The molecule has 230 valence electrons. The lowest BCUT2D eigenvalue weighted by atomic mass is 9.91. The number of thioether (sulfide) groups is 1. The summed E-state index contributed by atoms with van der Waals surface area (Å²) in [7, 11) is 1.93. The van der Waals surface area contributed by atoms with Crippen LogP contribution in [-0.4, -0.2) is 42.6 Å². The van der Waals surface area contributed by atoms with Crippen molar-refractivity contribution in [2.24, 2.45) is 13.0 Å².